The summed E-state index contributed by atoms with van der Waals surface area (Å²) in [5.41, 5.74) is 1.38. The molecule has 0 spiro atoms. The van der Waals surface area contributed by atoms with Crippen LogP contribution in [0.15, 0.2) is 18.2 Å². The maximum atomic E-state index is 6.16. The average Bonchev–Trinajstić information content (AvgIpc) is 2.72. The molecule has 0 radical (unpaired) electrons. The molecular weight excluding hydrogens is 265 g/mol. The molecule has 0 aromatic heterocycles. The molecule has 0 bridgehead atoms. The van der Waals surface area contributed by atoms with Crippen LogP contribution in [0.4, 0.5) is 0 Å². The van der Waals surface area contributed by atoms with Gasteiger partial charge in [0.25, 0.3) is 0 Å². The molecule has 0 unspecified atom stereocenters. The Balaban J connectivity index is 1.88. The largest absolute Gasteiger partial charge is 0.306 e. The van der Waals surface area contributed by atoms with E-state index in [-0.39, 0.29) is 0 Å². The first-order chi connectivity index (χ1) is 8.65. The van der Waals surface area contributed by atoms with Crippen LogP contribution in [-0.2, 0) is 0 Å². The number of hydrogen-bond acceptors (Lipinski definition) is 1. The summed E-state index contributed by atoms with van der Waals surface area (Å²) in [4.78, 5) is 2.48. The number of likely N-dealkylation sites (tertiary alicyclic amines) is 1. The molecule has 2 fully saturated rings. The Morgan fingerprint density at radius 2 is 1.94 bits per heavy atom. The predicted octanol–water partition coefficient (Wildman–Crippen LogP) is 4.44. The van der Waals surface area contributed by atoms with Crippen LogP contribution < -0.4 is 0 Å². The van der Waals surface area contributed by atoms with Crippen molar-refractivity contribution in [3.63, 3.8) is 0 Å². The second-order valence-electron chi connectivity index (χ2n) is 5.86. The lowest BCUT2D eigenvalue weighted by molar-refractivity contribution is 0.258. The lowest BCUT2D eigenvalue weighted by Gasteiger charge is -2.33. The van der Waals surface area contributed by atoms with Gasteiger partial charge in [0, 0.05) is 13.1 Å². The molecule has 3 heteroatoms. The van der Waals surface area contributed by atoms with Crippen LogP contribution in [-0.4, -0.2) is 25.0 Å². The molecule has 1 aromatic carbocycles. The van der Waals surface area contributed by atoms with Gasteiger partial charge >= 0.3 is 0 Å². The second-order valence-corrected chi connectivity index (χ2v) is 6.67. The molecule has 1 aromatic rings. The molecular formula is C15H19Cl2N. The van der Waals surface area contributed by atoms with Crippen LogP contribution in [0.3, 0.4) is 0 Å². The first-order valence-corrected chi connectivity index (χ1v) is 7.54. The number of benzene rings is 1. The van der Waals surface area contributed by atoms with Gasteiger partial charge in [0.2, 0.25) is 0 Å². The van der Waals surface area contributed by atoms with E-state index in [0.717, 1.165) is 11.8 Å². The normalized spacial score (nSPS) is 32.5. The van der Waals surface area contributed by atoms with E-state index in [4.69, 9.17) is 23.2 Å². The molecule has 1 heterocycles. The van der Waals surface area contributed by atoms with E-state index in [2.05, 4.69) is 24.1 Å². The van der Waals surface area contributed by atoms with Gasteiger partial charge in [-0.05, 0) is 55.3 Å². The maximum absolute atomic E-state index is 6.16. The Morgan fingerprint density at radius 3 is 2.72 bits per heavy atom. The van der Waals surface area contributed by atoms with Crippen molar-refractivity contribution >= 4 is 23.2 Å². The highest BCUT2D eigenvalue weighted by Crippen LogP contribution is 2.45. The van der Waals surface area contributed by atoms with Crippen molar-refractivity contribution in [3.8, 4) is 0 Å². The van der Waals surface area contributed by atoms with Gasteiger partial charge in [0.15, 0.2) is 0 Å². The topological polar surface area (TPSA) is 3.24 Å². The third-order valence-electron chi connectivity index (χ3n) is 4.65. The number of hydrogen-bond donors (Lipinski definition) is 0. The van der Waals surface area contributed by atoms with Crippen LogP contribution in [0, 0.1) is 11.8 Å². The summed E-state index contributed by atoms with van der Waals surface area (Å²) >= 11 is 12.2. The summed E-state index contributed by atoms with van der Waals surface area (Å²) in [6, 6.07) is 6.19. The van der Waals surface area contributed by atoms with E-state index in [0.29, 0.717) is 16.0 Å². The van der Waals surface area contributed by atoms with Gasteiger partial charge in [-0.2, -0.15) is 0 Å². The first kappa shape index (κ1) is 12.8. The number of fused-ring (bicyclic) bond motifs is 1. The van der Waals surface area contributed by atoms with Gasteiger partial charge in [-0.25, -0.2) is 0 Å². The van der Waals surface area contributed by atoms with Crippen molar-refractivity contribution in [1.82, 2.24) is 4.90 Å². The zero-order valence-corrected chi connectivity index (χ0v) is 12.2. The number of nitrogens with zero attached hydrogens (tertiary/aromatic N) is 1. The SMILES string of the molecule is CN1C[C@@H]2CCC[C@H](c3ccc(Cl)c(Cl)c3)[C@@H]2C1. The van der Waals surface area contributed by atoms with Crippen LogP contribution in [0.1, 0.15) is 30.7 Å². The molecule has 3 rings (SSSR count). The summed E-state index contributed by atoms with van der Waals surface area (Å²) in [6.45, 7) is 2.50. The predicted molar refractivity (Wildman–Crippen MR) is 77.5 cm³/mol. The lowest BCUT2D eigenvalue weighted by Crippen LogP contribution is -2.25. The van der Waals surface area contributed by atoms with Gasteiger partial charge in [-0.1, -0.05) is 35.7 Å². The second kappa shape index (κ2) is 5.03. The van der Waals surface area contributed by atoms with Crippen LogP contribution >= 0.6 is 23.2 Å². The zero-order valence-electron chi connectivity index (χ0n) is 10.7. The fraction of sp³-hybridized carbons (Fsp3) is 0.600. The van der Waals surface area contributed by atoms with Crippen LogP contribution in [0.25, 0.3) is 0 Å². The Kier molecular flexibility index (Phi) is 3.57. The molecule has 1 aliphatic carbocycles. The van der Waals surface area contributed by atoms with E-state index in [1.807, 2.05) is 6.07 Å². The van der Waals surface area contributed by atoms with Crippen molar-refractivity contribution in [2.24, 2.45) is 11.8 Å². The van der Waals surface area contributed by atoms with Gasteiger partial charge in [-0.3, -0.25) is 0 Å². The Morgan fingerprint density at radius 1 is 1.11 bits per heavy atom. The number of rotatable bonds is 1. The third kappa shape index (κ3) is 2.29. The smallest absolute Gasteiger partial charge is 0.0595 e. The van der Waals surface area contributed by atoms with Crippen molar-refractivity contribution in [3.05, 3.63) is 33.8 Å². The molecule has 0 N–H and O–H groups in total. The standard InChI is InChI=1S/C15H19Cl2N/c1-18-8-11-3-2-4-12(13(11)9-18)10-5-6-14(16)15(17)7-10/h5-7,11-13H,2-4,8-9H2,1H3/t11-,12+,13+/m0/s1. The average molecular weight is 284 g/mol. The molecule has 2 aliphatic rings. The zero-order chi connectivity index (χ0) is 12.7. The van der Waals surface area contributed by atoms with E-state index < -0.39 is 0 Å². The molecule has 18 heavy (non-hydrogen) atoms. The minimum absolute atomic E-state index is 0.663. The summed E-state index contributed by atoms with van der Waals surface area (Å²) in [7, 11) is 2.24. The minimum atomic E-state index is 0.663. The highest BCUT2D eigenvalue weighted by molar-refractivity contribution is 6.42. The first-order valence-electron chi connectivity index (χ1n) is 6.78. The number of halogens is 2. The fourth-order valence-electron chi connectivity index (χ4n) is 3.85. The fourth-order valence-corrected chi connectivity index (χ4v) is 4.16. The molecule has 0 amide bonds. The summed E-state index contributed by atoms with van der Waals surface area (Å²) in [5.74, 6) is 2.35. The van der Waals surface area contributed by atoms with Crippen LogP contribution in [0.5, 0.6) is 0 Å². The Labute approximate surface area is 119 Å². The Hall–Kier alpha value is -0.240. The van der Waals surface area contributed by atoms with Crippen LogP contribution in [0.2, 0.25) is 10.0 Å². The lowest BCUT2D eigenvalue weighted by atomic mass is 9.71. The summed E-state index contributed by atoms with van der Waals surface area (Å²) in [5, 5.41) is 1.36. The van der Waals surface area contributed by atoms with Gasteiger partial charge in [0.05, 0.1) is 10.0 Å². The van der Waals surface area contributed by atoms with Crippen molar-refractivity contribution in [2.75, 3.05) is 20.1 Å². The van der Waals surface area contributed by atoms with E-state index in [1.165, 1.54) is 37.9 Å². The molecule has 1 saturated heterocycles. The molecule has 98 valence electrons. The van der Waals surface area contributed by atoms with E-state index >= 15 is 0 Å². The highest BCUT2D eigenvalue weighted by atomic mass is 35.5. The quantitative estimate of drug-likeness (QED) is 0.737. The van der Waals surface area contributed by atoms with Crippen molar-refractivity contribution in [2.45, 2.75) is 25.2 Å². The molecule has 1 nitrogen and oxygen atoms in total. The molecule has 1 saturated carbocycles. The van der Waals surface area contributed by atoms with E-state index in [1.54, 1.807) is 0 Å². The summed E-state index contributed by atoms with van der Waals surface area (Å²) < 4.78 is 0. The Bertz CT molecular complexity index is 446. The third-order valence-corrected chi connectivity index (χ3v) is 5.39. The maximum Gasteiger partial charge on any atom is 0.0595 e. The monoisotopic (exact) mass is 283 g/mol. The van der Waals surface area contributed by atoms with Gasteiger partial charge < -0.3 is 4.90 Å². The minimum Gasteiger partial charge on any atom is -0.306 e. The molecule has 1 aliphatic heterocycles. The van der Waals surface area contributed by atoms with Crippen molar-refractivity contribution in [1.29, 1.82) is 0 Å². The van der Waals surface area contributed by atoms with Gasteiger partial charge in [-0.15, -0.1) is 0 Å². The van der Waals surface area contributed by atoms with Crippen molar-refractivity contribution < 1.29 is 0 Å². The van der Waals surface area contributed by atoms with Gasteiger partial charge in [0.1, 0.15) is 0 Å². The molecule has 3 atom stereocenters. The summed E-state index contributed by atoms with van der Waals surface area (Å²) in [6.07, 6.45) is 4.04. The highest BCUT2D eigenvalue weighted by Gasteiger charge is 2.39. The van der Waals surface area contributed by atoms with E-state index in [9.17, 15) is 0 Å².